The number of carbonyl (C=O) groups is 3. The molecule has 11 heteroatoms. The first-order chi connectivity index (χ1) is 19.0. The molecular formula is C28H27N5O5S. The maximum Gasteiger partial charge on any atom is 0.259 e. The molecule has 2 aromatic carbocycles. The highest BCUT2D eigenvalue weighted by atomic mass is 32.2. The summed E-state index contributed by atoms with van der Waals surface area (Å²) in [5, 5.41) is 5.49. The van der Waals surface area contributed by atoms with E-state index >= 15 is 0 Å². The van der Waals surface area contributed by atoms with Crippen LogP contribution in [0.25, 0.3) is 0 Å². The first-order valence-electron chi connectivity index (χ1n) is 12.5. The van der Waals surface area contributed by atoms with Crippen LogP contribution in [-0.4, -0.2) is 52.0 Å². The molecule has 3 amide bonds. The second kappa shape index (κ2) is 11.6. The number of methoxy groups -OCH3 is 1. The summed E-state index contributed by atoms with van der Waals surface area (Å²) in [4.78, 5) is 50.1. The number of amidine groups is 2. The van der Waals surface area contributed by atoms with Crippen LogP contribution in [0.5, 0.6) is 5.75 Å². The van der Waals surface area contributed by atoms with Gasteiger partial charge in [-0.1, -0.05) is 36.9 Å². The molecule has 2 aliphatic rings. The zero-order valence-corrected chi connectivity index (χ0v) is 22.2. The van der Waals surface area contributed by atoms with Crippen molar-refractivity contribution < 1.29 is 23.5 Å². The Morgan fingerprint density at radius 1 is 1.15 bits per heavy atom. The van der Waals surface area contributed by atoms with Gasteiger partial charge in [-0.25, -0.2) is 9.89 Å². The quantitative estimate of drug-likeness (QED) is 0.417. The fourth-order valence-electron chi connectivity index (χ4n) is 4.23. The van der Waals surface area contributed by atoms with Crippen LogP contribution in [0.15, 0.2) is 81.3 Å². The molecule has 2 atom stereocenters. The van der Waals surface area contributed by atoms with Gasteiger partial charge in [-0.2, -0.15) is 0 Å². The van der Waals surface area contributed by atoms with E-state index in [1.165, 1.54) is 22.9 Å². The summed E-state index contributed by atoms with van der Waals surface area (Å²) in [6.07, 6.45) is 1.91. The van der Waals surface area contributed by atoms with Crippen molar-refractivity contribution in [3.63, 3.8) is 0 Å². The van der Waals surface area contributed by atoms with Gasteiger partial charge in [0, 0.05) is 17.3 Å². The molecule has 39 heavy (non-hydrogen) atoms. The van der Waals surface area contributed by atoms with Crippen molar-refractivity contribution in [3.8, 4) is 5.75 Å². The summed E-state index contributed by atoms with van der Waals surface area (Å²) >= 11 is 1.19. The van der Waals surface area contributed by atoms with Gasteiger partial charge >= 0.3 is 0 Å². The molecule has 3 aromatic rings. The van der Waals surface area contributed by atoms with Gasteiger partial charge in [0.25, 0.3) is 5.91 Å². The van der Waals surface area contributed by atoms with Crippen molar-refractivity contribution >= 4 is 51.9 Å². The molecule has 0 unspecified atom stereocenters. The molecule has 5 rings (SSSR count). The Morgan fingerprint density at radius 3 is 2.77 bits per heavy atom. The van der Waals surface area contributed by atoms with Crippen molar-refractivity contribution in [2.45, 2.75) is 37.6 Å². The number of rotatable bonds is 9. The van der Waals surface area contributed by atoms with E-state index in [9.17, 15) is 14.4 Å². The number of aliphatic imine (C=N–C) groups is 2. The van der Waals surface area contributed by atoms with Gasteiger partial charge < -0.3 is 19.8 Å². The SMILES string of the molecule is CC[C@H](SC1=Nc2ccccc2C2=N[C@H](CC(=O)NCc3ccco3)C(=O)N12)C(=O)Nc1cccc(OC)c1. The van der Waals surface area contributed by atoms with Gasteiger partial charge in [-0.15, -0.1) is 0 Å². The fraction of sp³-hybridized carbons (Fsp3) is 0.250. The highest BCUT2D eigenvalue weighted by molar-refractivity contribution is 8.15. The van der Waals surface area contributed by atoms with E-state index in [0.717, 1.165) is 0 Å². The highest BCUT2D eigenvalue weighted by Crippen LogP contribution is 2.36. The van der Waals surface area contributed by atoms with Gasteiger partial charge in [0.15, 0.2) is 5.17 Å². The number of ether oxygens (including phenoxy) is 1. The van der Waals surface area contributed by atoms with Crippen LogP contribution >= 0.6 is 11.8 Å². The number of nitrogens with zero attached hydrogens (tertiary/aromatic N) is 3. The zero-order chi connectivity index (χ0) is 27.4. The Bertz CT molecular complexity index is 1450. The standard InChI is InChI=1S/C28H27N5O5S/c1-3-23(26(35)30-17-8-6-9-18(14-17)37-2)39-28-32-21-12-5-4-11-20(21)25-31-22(27(36)33(25)28)15-24(34)29-16-19-10-7-13-38-19/h4-14,22-23H,3,15-16H2,1-2H3,(H,29,34)(H,30,35)/t22-,23+/m1/s1. The monoisotopic (exact) mass is 545 g/mol. The van der Waals surface area contributed by atoms with E-state index in [0.29, 0.717) is 45.9 Å². The average Bonchev–Trinajstić information content (AvgIpc) is 3.59. The number of anilines is 1. The van der Waals surface area contributed by atoms with Crippen LogP contribution in [0.4, 0.5) is 11.4 Å². The van der Waals surface area contributed by atoms with Gasteiger partial charge in [-0.3, -0.25) is 19.4 Å². The lowest BCUT2D eigenvalue weighted by Crippen LogP contribution is -2.43. The molecule has 3 heterocycles. The topological polar surface area (TPSA) is 126 Å². The lowest BCUT2D eigenvalue weighted by Gasteiger charge is -2.27. The fourth-order valence-corrected chi connectivity index (χ4v) is 5.25. The van der Waals surface area contributed by atoms with Crippen molar-refractivity contribution in [3.05, 3.63) is 78.3 Å². The molecule has 2 aliphatic heterocycles. The molecule has 1 aromatic heterocycles. The number of para-hydroxylation sites is 1. The summed E-state index contributed by atoms with van der Waals surface area (Å²) in [6.45, 7) is 2.12. The summed E-state index contributed by atoms with van der Waals surface area (Å²) in [7, 11) is 1.56. The Kier molecular flexibility index (Phi) is 7.78. The maximum atomic E-state index is 13.5. The molecule has 200 valence electrons. The molecule has 0 saturated carbocycles. The smallest absolute Gasteiger partial charge is 0.259 e. The molecule has 10 nitrogen and oxygen atoms in total. The van der Waals surface area contributed by atoms with Crippen molar-refractivity contribution in [2.75, 3.05) is 12.4 Å². The molecule has 0 fully saturated rings. The first kappa shape index (κ1) is 26.2. The third-order valence-electron chi connectivity index (χ3n) is 6.21. The van der Waals surface area contributed by atoms with E-state index in [1.807, 2.05) is 31.2 Å². The van der Waals surface area contributed by atoms with Crippen LogP contribution in [0.3, 0.4) is 0 Å². The lowest BCUT2D eigenvalue weighted by molar-refractivity contribution is -0.128. The number of benzene rings is 2. The second-order valence-corrected chi connectivity index (χ2v) is 10.0. The summed E-state index contributed by atoms with van der Waals surface area (Å²) < 4.78 is 10.5. The van der Waals surface area contributed by atoms with E-state index in [4.69, 9.17) is 14.1 Å². The first-order valence-corrected chi connectivity index (χ1v) is 13.3. The van der Waals surface area contributed by atoms with E-state index in [2.05, 4.69) is 15.6 Å². The third kappa shape index (κ3) is 5.73. The number of carbonyl (C=O) groups excluding carboxylic acids is 3. The Hall–Kier alpha value is -4.38. The molecule has 0 bridgehead atoms. The van der Waals surface area contributed by atoms with Crippen molar-refractivity contribution in [1.82, 2.24) is 10.2 Å². The highest BCUT2D eigenvalue weighted by Gasteiger charge is 2.43. The van der Waals surface area contributed by atoms with Crippen molar-refractivity contribution in [2.24, 2.45) is 9.98 Å². The third-order valence-corrected chi connectivity index (χ3v) is 7.53. The predicted molar refractivity (Wildman–Crippen MR) is 149 cm³/mol. The van der Waals surface area contributed by atoms with E-state index in [-0.39, 0.29) is 30.7 Å². The lowest BCUT2D eigenvalue weighted by atomic mass is 10.1. The van der Waals surface area contributed by atoms with Gasteiger partial charge in [0.1, 0.15) is 23.4 Å². The van der Waals surface area contributed by atoms with E-state index < -0.39 is 11.3 Å². The van der Waals surface area contributed by atoms with Gasteiger partial charge in [0.05, 0.1) is 37.3 Å². The Balaban J connectivity index is 1.34. The molecular weight excluding hydrogens is 518 g/mol. The number of amides is 3. The zero-order valence-electron chi connectivity index (χ0n) is 21.4. The number of furan rings is 1. The minimum absolute atomic E-state index is 0.118. The molecule has 2 N–H and O–H groups in total. The van der Waals surface area contributed by atoms with Crippen LogP contribution in [0.1, 0.15) is 31.1 Å². The number of hydrogen-bond donors (Lipinski definition) is 2. The Labute approximate surface area is 229 Å². The van der Waals surface area contributed by atoms with E-state index in [1.54, 1.807) is 43.5 Å². The number of fused-ring (bicyclic) bond motifs is 3. The van der Waals surface area contributed by atoms with Crippen LogP contribution in [0.2, 0.25) is 0 Å². The summed E-state index contributed by atoms with van der Waals surface area (Å²) in [5.41, 5.74) is 1.95. The number of thioether (sulfide) groups is 1. The minimum Gasteiger partial charge on any atom is -0.497 e. The normalized spacial score (nSPS) is 16.5. The predicted octanol–water partition coefficient (Wildman–Crippen LogP) is 4.10. The largest absolute Gasteiger partial charge is 0.497 e. The molecule has 0 saturated heterocycles. The summed E-state index contributed by atoms with van der Waals surface area (Å²) in [5.74, 6) is 0.766. The number of nitrogens with one attached hydrogen (secondary N) is 2. The van der Waals surface area contributed by atoms with Gasteiger partial charge in [-0.05, 0) is 42.8 Å². The Morgan fingerprint density at radius 2 is 2.00 bits per heavy atom. The van der Waals surface area contributed by atoms with Crippen molar-refractivity contribution in [1.29, 1.82) is 0 Å². The second-order valence-electron chi connectivity index (χ2n) is 8.85. The van der Waals surface area contributed by atoms with Gasteiger partial charge in [0.2, 0.25) is 11.8 Å². The maximum absolute atomic E-state index is 13.5. The number of hydrogen-bond acceptors (Lipinski definition) is 8. The van der Waals surface area contributed by atoms with Crippen LogP contribution in [0, 0.1) is 0 Å². The van der Waals surface area contributed by atoms with Crippen LogP contribution < -0.4 is 15.4 Å². The molecule has 0 spiro atoms. The average molecular weight is 546 g/mol. The summed E-state index contributed by atoms with van der Waals surface area (Å²) in [6, 6.07) is 17.1. The molecule has 0 aliphatic carbocycles. The molecule has 0 radical (unpaired) electrons. The minimum atomic E-state index is -0.903. The van der Waals surface area contributed by atoms with Crippen LogP contribution in [-0.2, 0) is 20.9 Å².